The molecule has 0 unspecified atom stereocenters. The van der Waals surface area contributed by atoms with Crippen LogP contribution in [0.25, 0.3) is 0 Å². The average molecular weight is 352 g/mol. The standard InChI is InChI=1S/C14H10BrNO3S/c1-10-2-5-12(6-3-10)20(17,18)19-14-7-4-11(9-16)8-13(14)15/h2-8H,1H3. The van der Waals surface area contributed by atoms with Crippen LogP contribution in [0.1, 0.15) is 11.1 Å². The van der Waals surface area contributed by atoms with Gasteiger partial charge in [-0.1, -0.05) is 17.7 Å². The van der Waals surface area contributed by atoms with Gasteiger partial charge in [0.25, 0.3) is 0 Å². The van der Waals surface area contributed by atoms with Crippen molar-refractivity contribution in [2.45, 2.75) is 11.8 Å². The first kappa shape index (κ1) is 14.6. The van der Waals surface area contributed by atoms with Crippen LogP contribution < -0.4 is 4.18 Å². The molecule has 0 saturated heterocycles. The first-order valence-electron chi connectivity index (χ1n) is 5.63. The Morgan fingerprint density at radius 3 is 2.35 bits per heavy atom. The molecule has 0 aromatic heterocycles. The van der Waals surface area contributed by atoms with Crippen molar-refractivity contribution >= 4 is 26.0 Å². The summed E-state index contributed by atoms with van der Waals surface area (Å²) in [6, 6.07) is 12.8. The van der Waals surface area contributed by atoms with Gasteiger partial charge in [-0.3, -0.25) is 0 Å². The lowest BCUT2D eigenvalue weighted by Crippen LogP contribution is -2.10. The summed E-state index contributed by atoms with van der Waals surface area (Å²) >= 11 is 3.18. The number of halogens is 1. The van der Waals surface area contributed by atoms with Crippen LogP contribution in [0.3, 0.4) is 0 Å². The Hall–Kier alpha value is -1.84. The maximum Gasteiger partial charge on any atom is 0.339 e. The summed E-state index contributed by atoms with van der Waals surface area (Å²) in [5, 5.41) is 8.76. The third-order valence-electron chi connectivity index (χ3n) is 2.57. The molecule has 0 N–H and O–H groups in total. The lowest BCUT2D eigenvalue weighted by Gasteiger charge is -2.09. The average Bonchev–Trinajstić information content (AvgIpc) is 2.41. The van der Waals surface area contributed by atoms with Crippen molar-refractivity contribution < 1.29 is 12.6 Å². The molecule has 4 nitrogen and oxygen atoms in total. The summed E-state index contributed by atoms with van der Waals surface area (Å²) < 4.78 is 29.7. The highest BCUT2D eigenvalue weighted by molar-refractivity contribution is 9.10. The van der Waals surface area contributed by atoms with E-state index in [2.05, 4.69) is 15.9 Å². The molecule has 0 radical (unpaired) electrons. The lowest BCUT2D eigenvalue weighted by molar-refractivity contribution is 0.484. The van der Waals surface area contributed by atoms with Gasteiger partial charge in [-0.15, -0.1) is 0 Å². The second-order valence-electron chi connectivity index (χ2n) is 4.11. The fourth-order valence-electron chi connectivity index (χ4n) is 1.51. The molecule has 20 heavy (non-hydrogen) atoms. The number of rotatable bonds is 3. The molecule has 0 fully saturated rings. The van der Waals surface area contributed by atoms with Gasteiger partial charge < -0.3 is 4.18 Å². The highest BCUT2D eigenvalue weighted by atomic mass is 79.9. The third kappa shape index (κ3) is 3.18. The van der Waals surface area contributed by atoms with Gasteiger partial charge in [0.2, 0.25) is 0 Å². The monoisotopic (exact) mass is 351 g/mol. The SMILES string of the molecule is Cc1ccc(S(=O)(=O)Oc2ccc(C#N)cc2Br)cc1. The van der Waals surface area contributed by atoms with Crippen LogP contribution in [0.4, 0.5) is 0 Å². The Balaban J connectivity index is 2.34. The molecule has 0 aliphatic carbocycles. The molecule has 102 valence electrons. The quantitative estimate of drug-likeness (QED) is 0.794. The smallest absolute Gasteiger partial charge is 0.339 e. The van der Waals surface area contributed by atoms with Gasteiger partial charge in [-0.25, -0.2) is 0 Å². The molecule has 2 aromatic rings. The summed E-state index contributed by atoms with van der Waals surface area (Å²) in [5.41, 5.74) is 1.38. The van der Waals surface area contributed by atoms with Crippen molar-refractivity contribution in [1.82, 2.24) is 0 Å². The predicted molar refractivity (Wildman–Crippen MR) is 77.8 cm³/mol. The molecule has 0 spiro atoms. The van der Waals surface area contributed by atoms with Gasteiger partial charge in [0.1, 0.15) is 4.90 Å². The molecular weight excluding hydrogens is 342 g/mol. The summed E-state index contributed by atoms with van der Waals surface area (Å²) in [4.78, 5) is 0.0827. The largest absolute Gasteiger partial charge is 0.378 e. The van der Waals surface area contributed by atoms with Gasteiger partial charge >= 0.3 is 10.1 Å². The Labute approximate surface area is 125 Å². The van der Waals surface area contributed by atoms with Gasteiger partial charge in [0, 0.05) is 0 Å². The summed E-state index contributed by atoms with van der Waals surface area (Å²) in [7, 11) is -3.89. The van der Waals surface area contributed by atoms with Gasteiger partial charge in [-0.05, 0) is 53.2 Å². The third-order valence-corrected chi connectivity index (χ3v) is 4.44. The lowest BCUT2D eigenvalue weighted by atomic mass is 10.2. The second kappa shape index (κ2) is 5.65. The van der Waals surface area contributed by atoms with Crippen LogP contribution in [-0.4, -0.2) is 8.42 Å². The second-order valence-corrected chi connectivity index (χ2v) is 6.51. The van der Waals surface area contributed by atoms with Crippen LogP contribution in [0.2, 0.25) is 0 Å². The molecule has 6 heteroatoms. The van der Waals surface area contributed by atoms with Crippen molar-refractivity contribution in [1.29, 1.82) is 5.26 Å². The molecule has 0 bridgehead atoms. The zero-order chi connectivity index (χ0) is 14.8. The zero-order valence-corrected chi connectivity index (χ0v) is 12.9. The van der Waals surface area contributed by atoms with E-state index in [0.29, 0.717) is 10.0 Å². The minimum absolute atomic E-state index is 0.0827. The molecule has 0 saturated carbocycles. The first-order valence-corrected chi connectivity index (χ1v) is 7.83. The maximum absolute atomic E-state index is 12.1. The van der Waals surface area contributed by atoms with Gasteiger partial charge in [-0.2, -0.15) is 13.7 Å². The molecule has 0 aliphatic rings. The molecule has 0 aliphatic heterocycles. The van der Waals surface area contributed by atoms with Crippen molar-refractivity contribution in [3.8, 4) is 11.8 Å². The molecule has 2 rings (SSSR count). The van der Waals surface area contributed by atoms with E-state index in [1.807, 2.05) is 13.0 Å². The van der Waals surface area contributed by atoms with Crippen molar-refractivity contribution in [2.24, 2.45) is 0 Å². The topological polar surface area (TPSA) is 67.2 Å². The zero-order valence-electron chi connectivity index (χ0n) is 10.5. The van der Waals surface area contributed by atoms with E-state index in [4.69, 9.17) is 9.44 Å². The fraction of sp³-hybridized carbons (Fsp3) is 0.0714. The summed E-state index contributed by atoms with van der Waals surface area (Å²) in [6.45, 7) is 1.87. The highest BCUT2D eigenvalue weighted by Gasteiger charge is 2.18. The van der Waals surface area contributed by atoms with Crippen LogP contribution in [0.5, 0.6) is 5.75 Å². The summed E-state index contributed by atoms with van der Waals surface area (Å²) in [5.74, 6) is 0.143. The molecule has 0 atom stereocenters. The molecular formula is C14H10BrNO3S. The van der Waals surface area contributed by atoms with E-state index in [9.17, 15) is 8.42 Å². The number of nitrogens with zero attached hydrogens (tertiary/aromatic N) is 1. The Morgan fingerprint density at radius 1 is 1.15 bits per heavy atom. The summed E-state index contributed by atoms with van der Waals surface area (Å²) in [6.07, 6.45) is 0. The van der Waals surface area contributed by atoms with Crippen LogP contribution in [-0.2, 0) is 10.1 Å². The van der Waals surface area contributed by atoms with E-state index >= 15 is 0 Å². The Bertz CT molecular complexity index is 777. The van der Waals surface area contributed by atoms with Crippen molar-refractivity contribution in [3.05, 3.63) is 58.1 Å². The molecule has 0 heterocycles. The Kier molecular flexibility index (Phi) is 4.12. The fourth-order valence-corrected chi connectivity index (χ4v) is 3.02. The van der Waals surface area contributed by atoms with Gasteiger partial charge in [0.05, 0.1) is 16.1 Å². The highest BCUT2D eigenvalue weighted by Crippen LogP contribution is 2.28. The minimum Gasteiger partial charge on any atom is -0.378 e. The van der Waals surface area contributed by atoms with Crippen LogP contribution >= 0.6 is 15.9 Å². The Morgan fingerprint density at radius 2 is 1.80 bits per heavy atom. The van der Waals surface area contributed by atoms with E-state index < -0.39 is 10.1 Å². The first-order chi connectivity index (χ1) is 9.42. The van der Waals surface area contributed by atoms with E-state index in [0.717, 1.165) is 5.56 Å². The van der Waals surface area contributed by atoms with E-state index in [-0.39, 0.29) is 10.6 Å². The van der Waals surface area contributed by atoms with Gasteiger partial charge in [0.15, 0.2) is 5.75 Å². The maximum atomic E-state index is 12.1. The molecule has 2 aromatic carbocycles. The number of hydrogen-bond donors (Lipinski definition) is 0. The number of hydrogen-bond acceptors (Lipinski definition) is 4. The van der Waals surface area contributed by atoms with E-state index in [1.54, 1.807) is 12.1 Å². The molecule has 0 amide bonds. The van der Waals surface area contributed by atoms with E-state index in [1.165, 1.54) is 30.3 Å². The number of nitriles is 1. The number of aryl methyl sites for hydroxylation is 1. The van der Waals surface area contributed by atoms with Crippen molar-refractivity contribution in [3.63, 3.8) is 0 Å². The predicted octanol–water partition coefficient (Wildman–Crippen LogP) is 3.40. The van der Waals surface area contributed by atoms with Crippen LogP contribution in [0.15, 0.2) is 51.8 Å². The normalized spacial score (nSPS) is 10.8. The number of benzene rings is 2. The minimum atomic E-state index is -3.89. The van der Waals surface area contributed by atoms with Crippen molar-refractivity contribution in [2.75, 3.05) is 0 Å². The van der Waals surface area contributed by atoms with Crippen LogP contribution in [0, 0.1) is 18.3 Å².